The van der Waals surface area contributed by atoms with Crippen LogP contribution in [-0.2, 0) is 9.84 Å². The van der Waals surface area contributed by atoms with Gasteiger partial charge in [0, 0.05) is 17.6 Å². The molecular formula is C24H20ClFN2O4S. The van der Waals surface area contributed by atoms with Crippen molar-refractivity contribution in [1.29, 1.82) is 0 Å². The monoisotopic (exact) mass is 486 g/mol. The summed E-state index contributed by atoms with van der Waals surface area (Å²) in [5.74, 6) is 0.0464. The molecule has 0 fully saturated rings. The quantitative estimate of drug-likeness (QED) is 0.334. The van der Waals surface area contributed by atoms with Crippen LogP contribution in [0.15, 0.2) is 71.9 Å². The Morgan fingerprint density at radius 3 is 2.58 bits per heavy atom. The van der Waals surface area contributed by atoms with Gasteiger partial charge in [-0.05, 0) is 55.3 Å². The molecule has 1 heterocycles. The Bertz CT molecular complexity index is 1410. The summed E-state index contributed by atoms with van der Waals surface area (Å²) in [5, 5.41) is 9.91. The number of nitrogens with zero attached hydrogens (tertiary/aromatic N) is 2. The van der Waals surface area contributed by atoms with Crippen molar-refractivity contribution >= 4 is 32.3 Å². The van der Waals surface area contributed by atoms with Gasteiger partial charge in [-0.2, -0.15) is 0 Å². The van der Waals surface area contributed by atoms with Crippen molar-refractivity contribution in [2.75, 3.05) is 12.4 Å². The van der Waals surface area contributed by atoms with Gasteiger partial charge in [-0.1, -0.05) is 29.8 Å². The third-order valence-electron chi connectivity index (χ3n) is 5.03. The Labute approximate surface area is 195 Å². The summed E-state index contributed by atoms with van der Waals surface area (Å²) in [6.45, 7) is -0.0562. The second-order valence-electron chi connectivity index (χ2n) is 7.33. The number of aromatic nitrogens is 2. The number of sulfone groups is 1. The molecule has 0 unspecified atom stereocenters. The minimum Gasteiger partial charge on any atom is -0.457 e. The number of aliphatic hydroxyl groups is 1. The van der Waals surface area contributed by atoms with E-state index in [-0.39, 0.29) is 22.8 Å². The number of benzene rings is 3. The maximum atomic E-state index is 14.7. The summed E-state index contributed by atoms with van der Waals surface area (Å²) in [6, 6.07) is 15.5. The van der Waals surface area contributed by atoms with Crippen LogP contribution in [0.4, 0.5) is 4.39 Å². The normalized spacial score (nSPS) is 11.6. The van der Waals surface area contributed by atoms with Gasteiger partial charge in [0.05, 0.1) is 26.9 Å². The predicted octanol–water partition coefficient (Wildman–Crippen LogP) is 5.43. The van der Waals surface area contributed by atoms with Crippen LogP contribution in [-0.4, -0.2) is 35.9 Å². The van der Waals surface area contributed by atoms with E-state index in [0.29, 0.717) is 46.0 Å². The summed E-state index contributed by atoms with van der Waals surface area (Å²) >= 11 is 6.22. The Balaban J connectivity index is 1.66. The van der Waals surface area contributed by atoms with Gasteiger partial charge in [0.1, 0.15) is 23.6 Å². The van der Waals surface area contributed by atoms with Gasteiger partial charge in [0.15, 0.2) is 9.84 Å². The fraction of sp³-hybridized carbons (Fsp3) is 0.167. The Morgan fingerprint density at radius 1 is 0.970 bits per heavy atom. The molecule has 0 saturated carbocycles. The largest absolute Gasteiger partial charge is 0.457 e. The molecule has 0 atom stereocenters. The van der Waals surface area contributed by atoms with E-state index in [1.54, 1.807) is 30.3 Å². The molecule has 0 spiro atoms. The van der Waals surface area contributed by atoms with Crippen LogP contribution in [0, 0.1) is 5.82 Å². The summed E-state index contributed by atoms with van der Waals surface area (Å²) < 4.78 is 45.7. The topological polar surface area (TPSA) is 89.4 Å². The molecule has 0 bridgehead atoms. The number of unbranched alkanes of at least 4 members (excludes halogenated alkanes) is 1. The van der Waals surface area contributed by atoms with E-state index in [2.05, 4.69) is 9.97 Å². The second-order valence-corrected chi connectivity index (χ2v) is 9.84. The maximum absolute atomic E-state index is 14.7. The van der Waals surface area contributed by atoms with Gasteiger partial charge >= 0.3 is 0 Å². The first-order valence-corrected chi connectivity index (χ1v) is 12.2. The molecule has 170 valence electrons. The Kier molecular flexibility index (Phi) is 6.88. The lowest BCUT2D eigenvalue weighted by molar-refractivity contribution is 0.287. The lowest BCUT2D eigenvalue weighted by atomic mass is 10.1. The standard InChI is InChI=1S/C24H20ClFN2O4S/c25-21-8-4-7-19-23(27-15-28-24(19)21)20-14-17(9-10-22(20)26)32-16-5-3-6-18(13-16)33(30,31)12-2-1-11-29/h3-10,13-15,29H,1-2,11-12H2. The molecule has 0 saturated heterocycles. The van der Waals surface area contributed by atoms with Gasteiger partial charge < -0.3 is 9.84 Å². The molecule has 0 radical (unpaired) electrons. The average Bonchev–Trinajstić information content (AvgIpc) is 2.81. The van der Waals surface area contributed by atoms with Gasteiger partial charge in [-0.25, -0.2) is 22.8 Å². The van der Waals surface area contributed by atoms with Crippen molar-refractivity contribution in [3.05, 3.63) is 77.8 Å². The zero-order chi connectivity index (χ0) is 23.4. The van der Waals surface area contributed by atoms with Gasteiger partial charge in [-0.15, -0.1) is 0 Å². The van der Waals surface area contributed by atoms with Crippen molar-refractivity contribution < 1.29 is 22.7 Å². The van der Waals surface area contributed by atoms with Crippen molar-refractivity contribution in [1.82, 2.24) is 9.97 Å². The highest BCUT2D eigenvalue weighted by Crippen LogP contribution is 2.34. The van der Waals surface area contributed by atoms with Crippen LogP contribution in [0.2, 0.25) is 5.02 Å². The number of halogens is 2. The van der Waals surface area contributed by atoms with E-state index >= 15 is 0 Å². The Morgan fingerprint density at radius 2 is 1.76 bits per heavy atom. The number of ether oxygens (including phenoxy) is 1. The molecular weight excluding hydrogens is 467 g/mol. The van der Waals surface area contributed by atoms with Gasteiger partial charge in [0.2, 0.25) is 0 Å². The smallest absolute Gasteiger partial charge is 0.178 e. The molecule has 6 nitrogen and oxygen atoms in total. The van der Waals surface area contributed by atoms with Crippen molar-refractivity contribution in [2.45, 2.75) is 17.7 Å². The zero-order valence-electron chi connectivity index (χ0n) is 17.4. The third kappa shape index (κ3) is 5.13. The van der Waals surface area contributed by atoms with Crippen LogP contribution >= 0.6 is 11.6 Å². The molecule has 0 aliphatic carbocycles. The first-order chi connectivity index (χ1) is 15.9. The first-order valence-electron chi connectivity index (χ1n) is 10.2. The molecule has 1 N–H and O–H groups in total. The number of para-hydroxylation sites is 1. The average molecular weight is 487 g/mol. The summed E-state index contributed by atoms with van der Waals surface area (Å²) in [7, 11) is -3.51. The molecule has 33 heavy (non-hydrogen) atoms. The van der Waals surface area contributed by atoms with Crippen LogP contribution in [0.1, 0.15) is 12.8 Å². The van der Waals surface area contributed by atoms with Crippen LogP contribution in [0.3, 0.4) is 0 Å². The lowest BCUT2D eigenvalue weighted by Crippen LogP contribution is -2.07. The molecule has 3 aromatic carbocycles. The maximum Gasteiger partial charge on any atom is 0.178 e. The van der Waals surface area contributed by atoms with E-state index in [1.807, 2.05) is 0 Å². The van der Waals surface area contributed by atoms with Gasteiger partial charge in [0.25, 0.3) is 0 Å². The number of hydrogen-bond donors (Lipinski definition) is 1. The zero-order valence-corrected chi connectivity index (χ0v) is 19.0. The predicted molar refractivity (Wildman–Crippen MR) is 125 cm³/mol. The summed E-state index contributed by atoms with van der Waals surface area (Å²) in [6.07, 6.45) is 2.10. The fourth-order valence-electron chi connectivity index (χ4n) is 3.40. The fourth-order valence-corrected chi connectivity index (χ4v) is 5.03. The van der Waals surface area contributed by atoms with Crippen LogP contribution in [0.5, 0.6) is 11.5 Å². The highest BCUT2D eigenvalue weighted by atomic mass is 35.5. The molecule has 4 aromatic rings. The number of hydrogen-bond acceptors (Lipinski definition) is 6. The van der Waals surface area contributed by atoms with E-state index in [4.69, 9.17) is 21.4 Å². The van der Waals surface area contributed by atoms with Gasteiger partial charge in [-0.3, -0.25) is 0 Å². The van der Waals surface area contributed by atoms with E-state index in [0.717, 1.165) is 0 Å². The van der Waals surface area contributed by atoms with Crippen molar-refractivity contribution in [2.24, 2.45) is 0 Å². The highest BCUT2D eigenvalue weighted by Gasteiger charge is 2.16. The summed E-state index contributed by atoms with van der Waals surface area (Å²) in [4.78, 5) is 8.55. The summed E-state index contributed by atoms with van der Waals surface area (Å²) in [5.41, 5.74) is 1.08. The molecule has 9 heteroatoms. The van der Waals surface area contributed by atoms with E-state index in [1.165, 1.54) is 36.7 Å². The minimum absolute atomic E-state index is 0.0562. The van der Waals surface area contributed by atoms with Crippen LogP contribution in [0.25, 0.3) is 22.2 Å². The van der Waals surface area contributed by atoms with Crippen LogP contribution < -0.4 is 4.74 Å². The van der Waals surface area contributed by atoms with Crippen molar-refractivity contribution in [3.63, 3.8) is 0 Å². The number of fused-ring (bicyclic) bond motifs is 1. The molecule has 4 rings (SSSR count). The Hall–Kier alpha value is -3.07. The van der Waals surface area contributed by atoms with E-state index < -0.39 is 15.7 Å². The molecule has 0 aliphatic heterocycles. The third-order valence-corrected chi connectivity index (χ3v) is 7.13. The van der Waals surface area contributed by atoms with Crippen molar-refractivity contribution in [3.8, 4) is 22.8 Å². The minimum atomic E-state index is -3.51. The molecule has 0 aliphatic rings. The van der Waals surface area contributed by atoms with E-state index in [9.17, 15) is 12.8 Å². The second kappa shape index (κ2) is 9.82. The number of rotatable bonds is 8. The molecule has 1 aromatic heterocycles. The lowest BCUT2D eigenvalue weighted by Gasteiger charge is -2.11. The number of aliphatic hydroxyl groups excluding tert-OH is 1. The molecule has 0 amide bonds. The highest BCUT2D eigenvalue weighted by molar-refractivity contribution is 7.91. The first kappa shape index (κ1) is 23.1. The SMILES string of the molecule is O=S(=O)(CCCCO)c1cccc(Oc2ccc(F)c(-c3ncnc4c(Cl)cccc34)c2)c1.